The van der Waals surface area contributed by atoms with Crippen molar-refractivity contribution in [2.45, 2.75) is 26.5 Å². The maximum atomic E-state index is 13.5. The second-order valence-corrected chi connectivity index (χ2v) is 8.93. The summed E-state index contributed by atoms with van der Waals surface area (Å²) in [7, 11) is 1.60. The minimum absolute atomic E-state index is 0.101. The van der Waals surface area contributed by atoms with E-state index in [0.717, 1.165) is 11.3 Å². The van der Waals surface area contributed by atoms with Gasteiger partial charge in [-0.1, -0.05) is 30.9 Å². The van der Waals surface area contributed by atoms with Gasteiger partial charge in [-0.25, -0.2) is 0 Å². The summed E-state index contributed by atoms with van der Waals surface area (Å²) in [4.78, 5) is 44.2. The largest absolute Gasteiger partial charge is 0.497 e. The Labute approximate surface area is 224 Å². The molecule has 0 unspecified atom stereocenters. The minimum atomic E-state index is -0.539. The predicted octanol–water partition coefficient (Wildman–Crippen LogP) is 3.00. The summed E-state index contributed by atoms with van der Waals surface area (Å²) in [6, 6.07) is 14.3. The van der Waals surface area contributed by atoms with E-state index in [-0.39, 0.29) is 44.0 Å². The Morgan fingerprint density at radius 3 is 2.47 bits per heavy atom. The summed E-state index contributed by atoms with van der Waals surface area (Å²) in [5.41, 5.74) is 1.32. The summed E-state index contributed by atoms with van der Waals surface area (Å²) in [5, 5.41) is 0. The summed E-state index contributed by atoms with van der Waals surface area (Å²) in [6.07, 6.45) is 1.09. The predicted molar refractivity (Wildman–Crippen MR) is 144 cm³/mol. The van der Waals surface area contributed by atoms with Gasteiger partial charge in [0.1, 0.15) is 31.3 Å². The Kier molecular flexibility index (Phi) is 10.7. The van der Waals surface area contributed by atoms with Crippen LogP contribution in [0, 0.1) is 0 Å². The molecule has 3 rings (SSSR count). The van der Waals surface area contributed by atoms with E-state index in [9.17, 15) is 14.4 Å². The van der Waals surface area contributed by atoms with E-state index in [2.05, 4.69) is 6.58 Å². The number of hydrogen-bond donors (Lipinski definition) is 0. The third kappa shape index (κ3) is 7.82. The third-order valence-corrected chi connectivity index (χ3v) is 6.35. The quantitative estimate of drug-likeness (QED) is 0.398. The molecule has 0 aliphatic carbocycles. The van der Waals surface area contributed by atoms with Gasteiger partial charge in [0.25, 0.3) is 5.91 Å². The molecule has 0 saturated carbocycles. The molecule has 0 bridgehead atoms. The van der Waals surface area contributed by atoms with Gasteiger partial charge < -0.3 is 28.9 Å². The van der Waals surface area contributed by atoms with Gasteiger partial charge in [0.2, 0.25) is 11.8 Å². The van der Waals surface area contributed by atoms with Crippen LogP contribution in [-0.4, -0.2) is 91.6 Å². The summed E-state index contributed by atoms with van der Waals surface area (Å²) in [5.74, 6) is 0.628. The topological polar surface area (TPSA) is 88.6 Å². The van der Waals surface area contributed by atoms with Gasteiger partial charge in [0.15, 0.2) is 0 Å². The number of amides is 3. The van der Waals surface area contributed by atoms with Crippen molar-refractivity contribution in [1.29, 1.82) is 0 Å². The highest BCUT2D eigenvalue weighted by Crippen LogP contribution is 2.19. The van der Waals surface area contributed by atoms with Crippen LogP contribution in [-0.2, 0) is 20.9 Å². The normalized spacial score (nSPS) is 15.6. The van der Waals surface area contributed by atoms with Crippen LogP contribution >= 0.6 is 0 Å². The lowest BCUT2D eigenvalue weighted by molar-refractivity contribution is -0.138. The fourth-order valence-electron chi connectivity index (χ4n) is 4.26. The van der Waals surface area contributed by atoms with Gasteiger partial charge in [-0.2, -0.15) is 0 Å². The van der Waals surface area contributed by atoms with Crippen molar-refractivity contribution in [2.75, 3.05) is 53.0 Å². The van der Waals surface area contributed by atoms with Gasteiger partial charge in [0, 0.05) is 38.3 Å². The molecule has 38 heavy (non-hydrogen) atoms. The van der Waals surface area contributed by atoms with Gasteiger partial charge in [0.05, 0.1) is 13.2 Å². The average molecular weight is 524 g/mol. The molecule has 2 aromatic carbocycles. The zero-order valence-electron chi connectivity index (χ0n) is 22.4. The molecule has 1 aliphatic heterocycles. The number of benzene rings is 2. The molecule has 1 saturated heterocycles. The number of rotatable bonds is 12. The fourth-order valence-corrected chi connectivity index (χ4v) is 4.26. The molecule has 3 amide bonds. The lowest BCUT2D eigenvalue weighted by atomic mass is 10.1. The number of carbonyl (C=O) groups is 3. The van der Waals surface area contributed by atoms with E-state index in [1.165, 1.54) is 4.90 Å². The van der Waals surface area contributed by atoms with Crippen molar-refractivity contribution in [3.63, 3.8) is 0 Å². The zero-order valence-corrected chi connectivity index (χ0v) is 22.4. The van der Waals surface area contributed by atoms with Crippen molar-refractivity contribution in [3.05, 3.63) is 72.3 Å². The molecule has 0 N–H and O–H groups in total. The Morgan fingerprint density at radius 1 is 1.08 bits per heavy atom. The molecule has 2 aromatic rings. The first-order valence-corrected chi connectivity index (χ1v) is 12.8. The molecule has 0 radical (unpaired) electrons. The molecule has 1 atom stereocenters. The van der Waals surface area contributed by atoms with Crippen molar-refractivity contribution < 1.29 is 28.6 Å². The smallest absolute Gasteiger partial charge is 0.254 e. The zero-order chi connectivity index (χ0) is 27.5. The summed E-state index contributed by atoms with van der Waals surface area (Å²) < 4.78 is 16.8. The van der Waals surface area contributed by atoms with E-state index in [1.807, 2.05) is 38.1 Å². The Morgan fingerprint density at radius 2 is 1.82 bits per heavy atom. The SMILES string of the molecule is C=CCOc1cccc(C(=O)N2CC(=O)N(Cc3ccc(OC)cc3)C[C@@H](OCC(=O)N(CC)CC)C2)c1. The number of likely N-dealkylation sites (N-methyl/N-ethyl adjacent to an activating group) is 1. The van der Waals surface area contributed by atoms with E-state index in [0.29, 0.717) is 37.6 Å². The Balaban J connectivity index is 1.80. The lowest BCUT2D eigenvalue weighted by Crippen LogP contribution is -2.41. The first-order valence-electron chi connectivity index (χ1n) is 12.8. The summed E-state index contributed by atoms with van der Waals surface area (Å²) in [6.45, 7) is 9.50. The first-order chi connectivity index (χ1) is 18.4. The second kappa shape index (κ2) is 14.2. The average Bonchev–Trinajstić information content (AvgIpc) is 3.09. The number of hydrogen-bond acceptors (Lipinski definition) is 6. The standard InChI is InChI=1S/C29H37N3O6/c1-5-15-37-25-10-8-9-23(16-25)29(35)32-19-26(38-21-28(34)30(6-2)7-3)18-31(27(33)20-32)17-22-11-13-24(36-4)14-12-22/h5,8-14,16,26H,1,6-7,15,17-21H2,2-4H3/t26-/m1/s1. The van der Waals surface area contributed by atoms with Crippen LogP contribution < -0.4 is 9.47 Å². The van der Waals surface area contributed by atoms with Crippen LogP contribution in [0.4, 0.5) is 0 Å². The Bertz CT molecular complexity index is 1100. The van der Waals surface area contributed by atoms with Crippen molar-refractivity contribution in [2.24, 2.45) is 0 Å². The molecule has 9 nitrogen and oxygen atoms in total. The molecule has 204 valence electrons. The van der Waals surface area contributed by atoms with E-state index in [1.54, 1.807) is 47.3 Å². The van der Waals surface area contributed by atoms with Crippen LogP contribution in [0.1, 0.15) is 29.8 Å². The van der Waals surface area contributed by atoms with E-state index >= 15 is 0 Å². The highest BCUT2D eigenvalue weighted by molar-refractivity contribution is 5.97. The van der Waals surface area contributed by atoms with Gasteiger partial charge in [-0.15, -0.1) is 0 Å². The van der Waals surface area contributed by atoms with Gasteiger partial charge >= 0.3 is 0 Å². The molecule has 1 fully saturated rings. The molecule has 1 heterocycles. The second-order valence-electron chi connectivity index (χ2n) is 8.93. The molecular formula is C29H37N3O6. The minimum Gasteiger partial charge on any atom is -0.497 e. The molecular weight excluding hydrogens is 486 g/mol. The fraction of sp³-hybridized carbons (Fsp3) is 0.414. The molecule has 0 aromatic heterocycles. The van der Waals surface area contributed by atoms with Crippen LogP contribution in [0.5, 0.6) is 11.5 Å². The highest BCUT2D eigenvalue weighted by atomic mass is 16.5. The van der Waals surface area contributed by atoms with Crippen LogP contribution in [0.25, 0.3) is 0 Å². The van der Waals surface area contributed by atoms with E-state index in [4.69, 9.17) is 14.2 Å². The number of ether oxygens (including phenoxy) is 3. The van der Waals surface area contributed by atoms with Crippen LogP contribution in [0.2, 0.25) is 0 Å². The van der Waals surface area contributed by atoms with Crippen molar-refractivity contribution in [1.82, 2.24) is 14.7 Å². The van der Waals surface area contributed by atoms with Gasteiger partial charge in [-0.05, 0) is 49.7 Å². The van der Waals surface area contributed by atoms with Crippen molar-refractivity contribution in [3.8, 4) is 11.5 Å². The highest BCUT2D eigenvalue weighted by Gasteiger charge is 2.32. The number of nitrogens with zero attached hydrogens (tertiary/aromatic N) is 3. The van der Waals surface area contributed by atoms with Crippen LogP contribution in [0.15, 0.2) is 61.2 Å². The number of methoxy groups -OCH3 is 1. The van der Waals surface area contributed by atoms with E-state index < -0.39 is 6.10 Å². The maximum absolute atomic E-state index is 13.5. The third-order valence-electron chi connectivity index (χ3n) is 6.35. The monoisotopic (exact) mass is 523 g/mol. The number of carbonyl (C=O) groups excluding carboxylic acids is 3. The molecule has 1 aliphatic rings. The maximum Gasteiger partial charge on any atom is 0.254 e. The van der Waals surface area contributed by atoms with Gasteiger partial charge in [-0.3, -0.25) is 14.4 Å². The molecule has 9 heteroatoms. The lowest BCUT2D eigenvalue weighted by Gasteiger charge is -2.26. The van der Waals surface area contributed by atoms with Crippen LogP contribution in [0.3, 0.4) is 0 Å². The van der Waals surface area contributed by atoms with Crippen molar-refractivity contribution >= 4 is 17.7 Å². The first kappa shape index (κ1) is 28.7. The molecule has 0 spiro atoms. The summed E-state index contributed by atoms with van der Waals surface area (Å²) >= 11 is 0. The Hall–Kier alpha value is -3.85.